The van der Waals surface area contributed by atoms with Crippen LogP contribution in [0, 0.1) is 5.41 Å². The highest BCUT2D eigenvalue weighted by Gasteiger charge is 2.44. The monoisotopic (exact) mass is 226 g/mol. The molecule has 3 atom stereocenters. The van der Waals surface area contributed by atoms with E-state index in [0.29, 0.717) is 12.8 Å². The first-order valence-corrected chi connectivity index (χ1v) is 5.71. The number of aliphatic hydroxyl groups excluding tert-OH is 2. The molecular weight excluding hydrogens is 204 g/mol. The molecule has 0 spiro atoms. The number of hydrogen-bond acceptors (Lipinski definition) is 3. The normalized spacial score (nSPS) is 35.4. The second-order valence-corrected chi connectivity index (χ2v) is 5.65. The smallest absolute Gasteiger partial charge is 0.0931 e. The first-order chi connectivity index (χ1) is 7.15. The van der Waals surface area contributed by atoms with Gasteiger partial charge in [0.25, 0.3) is 0 Å². The minimum Gasteiger partial charge on any atom is -0.393 e. The van der Waals surface area contributed by atoms with E-state index in [1.54, 1.807) is 19.9 Å². The molecule has 3 heteroatoms. The predicted octanol–water partition coefficient (Wildman–Crippen LogP) is 1.38. The fraction of sp³-hybridized carbons (Fsp3) is 0.769. The lowest BCUT2D eigenvalue weighted by Gasteiger charge is -2.43. The highest BCUT2D eigenvalue weighted by atomic mass is 16.3. The molecule has 3 unspecified atom stereocenters. The van der Waals surface area contributed by atoms with Crippen molar-refractivity contribution in [3.05, 3.63) is 17.4 Å². The van der Waals surface area contributed by atoms with Gasteiger partial charge < -0.3 is 15.3 Å². The summed E-state index contributed by atoms with van der Waals surface area (Å²) in [7, 11) is 0. The van der Waals surface area contributed by atoms with Gasteiger partial charge in [-0.1, -0.05) is 13.8 Å². The van der Waals surface area contributed by atoms with Crippen LogP contribution in [-0.2, 0) is 0 Å². The van der Waals surface area contributed by atoms with Crippen LogP contribution >= 0.6 is 0 Å². The third-order valence-corrected chi connectivity index (χ3v) is 3.06. The summed E-state index contributed by atoms with van der Waals surface area (Å²) < 4.78 is 0. The van der Waals surface area contributed by atoms with E-state index in [1.807, 2.05) is 13.8 Å². The zero-order chi connectivity index (χ0) is 12.6. The Bertz CT molecular complexity index is 300. The van der Waals surface area contributed by atoms with Crippen molar-refractivity contribution in [2.24, 2.45) is 5.41 Å². The first-order valence-electron chi connectivity index (χ1n) is 5.71. The van der Waals surface area contributed by atoms with Crippen molar-refractivity contribution in [3.8, 4) is 0 Å². The molecule has 0 aromatic heterocycles. The number of aliphatic hydroxyl groups is 3. The fourth-order valence-electron chi connectivity index (χ4n) is 2.61. The Kier molecular flexibility index (Phi) is 3.65. The summed E-state index contributed by atoms with van der Waals surface area (Å²) in [5.74, 6) is 0. The van der Waals surface area contributed by atoms with E-state index in [0.717, 1.165) is 5.57 Å². The largest absolute Gasteiger partial charge is 0.393 e. The maximum Gasteiger partial charge on any atom is 0.0931 e. The van der Waals surface area contributed by atoms with Gasteiger partial charge in [0.1, 0.15) is 0 Å². The molecule has 0 aliphatic heterocycles. The molecule has 0 heterocycles. The lowest BCUT2D eigenvalue weighted by Crippen LogP contribution is -2.45. The molecule has 0 amide bonds. The highest BCUT2D eigenvalue weighted by molar-refractivity contribution is 5.26. The van der Waals surface area contributed by atoms with Crippen molar-refractivity contribution < 1.29 is 15.3 Å². The molecule has 1 rings (SSSR count). The van der Waals surface area contributed by atoms with Crippen LogP contribution in [-0.4, -0.2) is 33.1 Å². The van der Waals surface area contributed by atoms with Crippen LogP contribution in [0.2, 0.25) is 0 Å². The maximum absolute atomic E-state index is 10.3. The molecule has 3 nitrogen and oxygen atoms in total. The van der Waals surface area contributed by atoms with Crippen LogP contribution in [0.25, 0.3) is 0 Å². The van der Waals surface area contributed by atoms with Gasteiger partial charge in [0, 0.05) is 12.0 Å². The quantitative estimate of drug-likeness (QED) is 0.592. The highest BCUT2D eigenvalue weighted by Crippen LogP contribution is 2.45. The van der Waals surface area contributed by atoms with Crippen LogP contribution in [0.5, 0.6) is 0 Å². The van der Waals surface area contributed by atoms with Gasteiger partial charge in [-0.2, -0.15) is 0 Å². The minimum atomic E-state index is -1.05. The van der Waals surface area contributed by atoms with Crippen LogP contribution < -0.4 is 0 Å². The molecule has 16 heavy (non-hydrogen) atoms. The molecule has 0 bridgehead atoms. The Morgan fingerprint density at radius 2 is 1.94 bits per heavy atom. The second kappa shape index (κ2) is 4.34. The summed E-state index contributed by atoms with van der Waals surface area (Å²) in [6, 6.07) is 0. The Morgan fingerprint density at radius 1 is 1.38 bits per heavy atom. The Hall–Kier alpha value is -0.600. The molecule has 1 aliphatic carbocycles. The van der Waals surface area contributed by atoms with Gasteiger partial charge >= 0.3 is 0 Å². The summed E-state index contributed by atoms with van der Waals surface area (Å²) in [6.45, 7) is 7.28. The topological polar surface area (TPSA) is 60.7 Å². The van der Waals surface area contributed by atoms with Crippen molar-refractivity contribution in [3.63, 3.8) is 0 Å². The fourth-order valence-corrected chi connectivity index (χ4v) is 2.61. The lowest BCUT2D eigenvalue weighted by atomic mass is 9.65. The molecule has 92 valence electrons. The summed E-state index contributed by atoms with van der Waals surface area (Å²) in [5.41, 5.74) is 2.41. The third kappa shape index (κ3) is 2.96. The molecule has 1 aliphatic rings. The molecule has 3 N–H and O–H groups in total. The van der Waals surface area contributed by atoms with E-state index < -0.39 is 17.8 Å². The van der Waals surface area contributed by atoms with E-state index >= 15 is 0 Å². The number of rotatable bonds is 1. The Morgan fingerprint density at radius 3 is 2.38 bits per heavy atom. The van der Waals surface area contributed by atoms with Crippen molar-refractivity contribution >= 4 is 0 Å². The molecule has 1 fully saturated rings. The van der Waals surface area contributed by atoms with Gasteiger partial charge in [-0.3, -0.25) is 0 Å². The van der Waals surface area contributed by atoms with Gasteiger partial charge in [0.2, 0.25) is 0 Å². The predicted molar refractivity (Wildman–Crippen MR) is 62.9 cm³/mol. The summed E-state index contributed by atoms with van der Waals surface area (Å²) >= 11 is 0. The van der Waals surface area contributed by atoms with Crippen molar-refractivity contribution in [1.29, 1.82) is 0 Å². The first kappa shape index (κ1) is 13.5. The van der Waals surface area contributed by atoms with Crippen LogP contribution in [0.15, 0.2) is 17.4 Å². The lowest BCUT2D eigenvalue weighted by molar-refractivity contribution is -0.0268. The molecular formula is C13H22O3. The van der Waals surface area contributed by atoms with Crippen LogP contribution in [0.3, 0.4) is 0 Å². The van der Waals surface area contributed by atoms with E-state index in [-0.39, 0.29) is 5.41 Å². The third-order valence-electron chi connectivity index (χ3n) is 3.06. The molecule has 0 radical (unpaired) electrons. The molecule has 0 aromatic carbocycles. The van der Waals surface area contributed by atoms with Gasteiger partial charge in [-0.15, -0.1) is 5.73 Å². The SMILES string of the molecule is CC(O)C=C=C1C(C)(C)CC(O)CC1(C)O. The molecule has 0 saturated heterocycles. The number of hydrogen-bond donors (Lipinski definition) is 3. The van der Waals surface area contributed by atoms with Gasteiger partial charge in [-0.25, -0.2) is 0 Å². The summed E-state index contributed by atoms with van der Waals surface area (Å²) in [5, 5.41) is 29.2. The second-order valence-electron chi connectivity index (χ2n) is 5.65. The van der Waals surface area contributed by atoms with Gasteiger partial charge in [0.05, 0.1) is 17.8 Å². The molecule has 1 saturated carbocycles. The average molecular weight is 226 g/mol. The van der Waals surface area contributed by atoms with E-state index in [4.69, 9.17) is 0 Å². The standard InChI is InChI=1S/C13H22O3/c1-9(14)5-6-11-12(2,3)7-10(15)8-13(11,4)16/h5,9-10,14-16H,7-8H2,1-4H3. The summed E-state index contributed by atoms with van der Waals surface area (Å²) in [6.07, 6.45) is 1.42. The van der Waals surface area contributed by atoms with Crippen molar-refractivity contribution in [2.75, 3.05) is 0 Å². The average Bonchev–Trinajstić information content (AvgIpc) is 1.96. The van der Waals surface area contributed by atoms with Crippen LogP contribution in [0.1, 0.15) is 40.5 Å². The zero-order valence-electron chi connectivity index (χ0n) is 10.5. The minimum absolute atomic E-state index is 0.299. The van der Waals surface area contributed by atoms with Gasteiger partial charge in [-0.05, 0) is 31.8 Å². The zero-order valence-corrected chi connectivity index (χ0v) is 10.5. The van der Waals surface area contributed by atoms with Crippen molar-refractivity contribution in [2.45, 2.75) is 58.3 Å². The van der Waals surface area contributed by atoms with Gasteiger partial charge in [0.15, 0.2) is 0 Å². The Balaban J connectivity index is 3.17. The Labute approximate surface area is 97.1 Å². The maximum atomic E-state index is 10.3. The van der Waals surface area contributed by atoms with E-state index in [1.165, 1.54) is 0 Å². The molecule has 0 aromatic rings. The van der Waals surface area contributed by atoms with E-state index in [9.17, 15) is 15.3 Å². The van der Waals surface area contributed by atoms with Crippen LogP contribution in [0.4, 0.5) is 0 Å². The summed E-state index contributed by atoms with van der Waals surface area (Å²) in [4.78, 5) is 0. The van der Waals surface area contributed by atoms with E-state index in [2.05, 4.69) is 5.73 Å². The van der Waals surface area contributed by atoms with Crippen molar-refractivity contribution in [1.82, 2.24) is 0 Å².